The Balaban J connectivity index is 2.18. The summed E-state index contributed by atoms with van der Waals surface area (Å²) < 4.78 is 42.5. The van der Waals surface area contributed by atoms with Crippen LogP contribution in [0.4, 0.5) is 19.0 Å². The van der Waals surface area contributed by atoms with Crippen molar-refractivity contribution >= 4 is 11.7 Å². The second-order valence-corrected chi connectivity index (χ2v) is 6.71. The molecule has 0 bridgehead atoms. The summed E-state index contributed by atoms with van der Waals surface area (Å²) in [6.45, 7) is 1.66. The Morgan fingerprint density at radius 3 is 2.53 bits per heavy atom. The molecule has 0 saturated carbocycles. The van der Waals surface area contributed by atoms with Gasteiger partial charge in [-0.1, -0.05) is 12.1 Å². The fourth-order valence-corrected chi connectivity index (χ4v) is 3.01. The number of nitrogens with zero attached hydrogens (tertiary/aromatic N) is 4. The first-order valence-corrected chi connectivity index (χ1v) is 8.73. The number of carbonyl (C=O) groups excluding carboxylic acids is 1. The van der Waals surface area contributed by atoms with Crippen molar-refractivity contribution in [3.8, 4) is 22.5 Å². The quantitative estimate of drug-likeness (QED) is 0.594. The predicted molar refractivity (Wildman–Crippen MR) is 103 cm³/mol. The first-order valence-electron chi connectivity index (χ1n) is 8.73. The maximum Gasteiger partial charge on any atom is 0.430 e. The Hall–Kier alpha value is -3.47. The van der Waals surface area contributed by atoms with Crippen molar-refractivity contribution in [2.45, 2.75) is 18.7 Å². The molecule has 1 amide bonds. The normalized spacial score (nSPS) is 13.7. The van der Waals surface area contributed by atoms with E-state index in [1.807, 2.05) is 5.32 Å². The van der Waals surface area contributed by atoms with E-state index in [-0.39, 0.29) is 17.1 Å². The van der Waals surface area contributed by atoms with Crippen LogP contribution in [0.25, 0.3) is 22.5 Å². The van der Waals surface area contributed by atoms with E-state index in [4.69, 9.17) is 5.73 Å². The highest BCUT2D eigenvalue weighted by Crippen LogP contribution is 2.41. The van der Waals surface area contributed by atoms with Crippen molar-refractivity contribution < 1.29 is 23.1 Å². The molecule has 11 heteroatoms. The standard InChI is InChI=1S/C19H19F3N6O2/c1-10-4-5-12(18(30,17(29)24-2)19(20,21)22)6-13(10)14-8-25-16(23)15(27-14)11-7-26-28(3)9-11/h4-9,30H,1-3H3,(H2,23,25)(H,24,29)/t18-/m0/s1. The van der Waals surface area contributed by atoms with Crippen LogP contribution in [-0.2, 0) is 17.4 Å². The Morgan fingerprint density at radius 1 is 1.27 bits per heavy atom. The molecular formula is C19H19F3N6O2. The second kappa shape index (κ2) is 7.41. The van der Waals surface area contributed by atoms with Crippen LogP contribution in [0.15, 0.2) is 36.8 Å². The molecule has 0 spiro atoms. The van der Waals surface area contributed by atoms with Crippen molar-refractivity contribution in [2.75, 3.05) is 12.8 Å². The highest BCUT2D eigenvalue weighted by Gasteiger charge is 2.60. The van der Waals surface area contributed by atoms with Crippen LogP contribution in [0.5, 0.6) is 0 Å². The molecule has 3 rings (SSSR count). The van der Waals surface area contributed by atoms with Gasteiger partial charge in [0, 0.05) is 37.0 Å². The molecule has 0 unspecified atom stereocenters. The van der Waals surface area contributed by atoms with Crippen LogP contribution in [0.1, 0.15) is 11.1 Å². The zero-order valence-corrected chi connectivity index (χ0v) is 16.3. The average molecular weight is 420 g/mol. The SMILES string of the molecule is CNC(=O)[C@@](O)(c1ccc(C)c(-c2cnc(N)c(-c3cnn(C)c3)n2)c1)C(F)(F)F. The molecule has 4 N–H and O–H groups in total. The minimum absolute atomic E-state index is 0.123. The van der Waals surface area contributed by atoms with Gasteiger partial charge in [0.05, 0.1) is 18.1 Å². The molecule has 0 fully saturated rings. The van der Waals surface area contributed by atoms with Crippen molar-refractivity contribution in [1.82, 2.24) is 25.1 Å². The maximum absolute atomic E-state index is 13.6. The Morgan fingerprint density at radius 2 is 1.97 bits per heavy atom. The summed E-state index contributed by atoms with van der Waals surface area (Å²) >= 11 is 0. The number of hydrogen-bond donors (Lipinski definition) is 3. The van der Waals surface area contributed by atoms with E-state index in [0.717, 1.165) is 19.2 Å². The summed E-state index contributed by atoms with van der Waals surface area (Å²) in [6, 6.07) is 3.49. The largest absolute Gasteiger partial charge is 0.430 e. The van der Waals surface area contributed by atoms with Gasteiger partial charge in [-0.3, -0.25) is 9.48 Å². The summed E-state index contributed by atoms with van der Waals surface area (Å²) in [6.07, 6.45) is -0.732. The monoisotopic (exact) mass is 420 g/mol. The number of nitrogen functional groups attached to an aromatic ring is 1. The molecule has 2 aromatic heterocycles. The van der Waals surface area contributed by atoms with Gasteiger partial charge in [-0.05, 0) is 18.6 Å². The lowest BCUT2D eigenvalue weighted by Crippen LogP contribution is -2.53. The molecule has 1 aromatic carbocycles. The number of rotatable bonds is 4. The molecule has 0 aliphatic rings. The summed E-state index contributed by atoms with van der Waals surface area (Å²) in [7, 11) is 2.72. The van der Waals surface area contributed by atoms with Crippen molar-refractivity contribution in [3.05, 3.63) is 47.9 Å². The van der Waals surface area contributed by atoms with Crippen LogP contribution >= 0.6 is 0 Å². The fraction of sp³-hybridized carbons (Fsp3) is 0.263. The minimum Gasteiger partial charge on any atom is -0.382 e. The zero-order chi connectivity index (χ0) is 22.3. The van der Waals surface area contributed by atoms with E-state index in [1.54, 1.807) is 24.9 Å². The maximum atomic E-state index is 13.6. The lowest BCUT2D eigenvalue weighted by atomic mass is 9.89. The number of aromatic nitrogens is 4. The number of anilines is 1. The molecule has 0 aliphatic heterocycles. The van der Waals surface area contributed by atoms with Gasteiger partial charge in [0.1, 0.15) is 11.5 Å². The van der Waals surface area contributed by atoms with Crippen LogP contribution in [-0.4, -0.2) is 44.0 Å². The Bertz CT molecular complexity index is 1110. The number of benzene rings is 1. The van der Waals surface area contributed by atoms with Gasteiger partial charge in [0.2, 0.25) is 0 Å². The third-order valence-corrected chi connectivity index (χ3v) is 4.68. The zero-order valence-electron chi connectivity index (χ0n) is 16.3. The van der Waals surface area contributed by atoms with E-state index in [1.165, 1.54) is 18.5 Å². The molecule has 0 aliphatic carbocycles. The van der Waals surface area contributed by atoms with E-state index >= 15 is 0 Å². The van der Waals surface area contributed by atoms with Gasteiger partial charge in [-0.25, -0.2) is 9.97 Å². The van der Waals surface area contributed by atoms with E-state index in [2.05, 4.69) is 15.1 Å². The summed E-state index contributed by atoms with van der Waals surface area (Å²) in [5, 5.41) is 16.2. The molecular weight excluding hydrogens is 401 g/mol. The number of aliphatic hydroxyl groups is 1. The number of aryl methyl sites for hydroxylation is 2. The van der Waals surface area contributed by atoms with Gasteiger partial charge >= 0.3 is 6.18 Å². The minimum atomic E-state index is -5.24. The number of alkyl halides is 3. The number of nitrogens with one attached hydrogen (secondary N) is 1. The Kier molecular flexibility index (Phi) is 5.25. The topological polar surface area (TPSA) is 119 Å². The first-order chi connectivity index (χ1) is 14.0. The molecule has 0 radical (unpaired) electrons. The number of hydrogen-bond acceptors (Lipinski definition) is 6. The molecule has 1 atom stereocenters. The van der Waals surface area contributed by atoms with E-state index in [0.29, 0.717) is 16.8 Å². The molecule has 8 nitrogen and oxygen atoms in total. The van der Waals surface area contributed by atoms with E-state index < -0.39 is 23.2 Å². The first kappa shape index (κ1) is 21.2. The van der Waals surface area contributed by atoms with Crippen LogP contribution in [0, 0.1) is 6.92 Å². The van der Waals surface area contributed by atoms with Gasteiger partial charge in [0.25, 0.3) is 11.5 Å². The molecule has 0 saturated heterocycles. The number of nitrogens with two attached hydrogens (primary N) is 1. The van der Waals surface area contributed by atoms with Gasteiger partial charge in [-0.2, -0.15) is 18.3 Å². The van der Waals surface area contributed by atoms with Crippen LogP contribution in [0.2, 0.25) is 0 Å². The predicted octanol–water partition coefficient (Wildman–Crippen LogP) is 1.93. The van der Waals surface area contributed by atoms with Crippen molar-refractivity contribution in [3.63, 3.8) is 0 Å². The lowest BCUT2D eigenvalue weighted by Gasteiger charge is -2.29. The fourth-order valence-electron chi connectivity index (χ4n) is 3.01. The van der Waals surface area contributed by atoms with Gasteiger partial charge < -0.3 is 16.2 Å². The number of halogens is 3. The second-order valence-electron chi connectivity index (χ2n) is 6.71. The van der Waals surface area contributed by atoms with Gasteiger partial charge in [0.15, 0.2) is 0 Å². The summed E-state index contributed by atoms with van der Waals surface area (Å²) in [4.78, 5) is 20.5. The number of likely N-dealkylation sites (N-methyl/N-ethyl adjacent to an activating group) is 1. The Labute approximate surface area is 169 Å². The smallest absolute Gasteiger partial charge is 0.382 e. The number of amides is 1. The van der Waals surface area contributed by atoms with Crippen molar-refractivity contribution in [2.24, 2.45) is 7.05 Å². The van der Waals surface area contributed by atoms with Crippen molar-refractivity contribution in [1.29, 1.82) is 0 Å². The van der Waals surface area contributed by atoms with E-state index in [9.17, 15) is 23.1 Å². The highest BCUT2D eigenvalue weighted by atomic mass is 19.4. The van der Waals surface area contributed by atoms with Crippen LogP contribution in [0.3, 0.4) is 0 Å². The third kappa shape index (κ3) is 3.47. The molecule has 158 valence electrons. The summed E-state index contributed by atoms with van der Waals surface area (Å²) in [5.74, 6) is -1.47. The average Bonchev–Trinajstić information content (AvgIpc) is 3.12. The van der Waals surface area contributed by atoms with Gasteiger partial charge in [-0.15, -0.1) is 0 Å². The lowest BCUT2D eigenvalue weighted by molar-refractivity contribution is -0.256. The third-order valence-electron chi connectivity index (χ3n) is 4.68. The van der Waals surface area contributed by atoms with Crippen LogP contribution < -0.4 is 11.1 Å². The highest BCUT2D eigenvalue weighted by molar-refractivity contribution is 5.87. The molecule has 2 heterocycles. The number of carbonyl (C=O) groups is 1. The molecule has 30 heavy (non-hydrogen) atoms. The molecule has 3 aromatic rings. The summed E-state index contributed by atoms with van der Waals surface area (Å²) in [5.41, 5.74) is 3.48.